The van der Waals surface area contributed by atoms with Gasteiger partial charge < -0.3 is 15.2 Å². The van der Waals surface area contributed by atoms with E-state index in [1.165, 1.54) is 0 Å². The maximum Gasteiger partial charge on any atom is 0.152 e. The van der Waals surface area contributed by atoms with Crippen molar-refractivity contribution in [2.24, 2.45) is 11.7 Å². The maximum atomic E-state index is 6.01. The van der Waals surface area contributed by atoms with E-state index in [0.717, 1.165) is 31.8 Å². The summed E-state index contributed by atoms with van der Waals surface area (Å²) in [5.74, 6) is 1.38. The molecule has 1 atom stereocenters. The Morgan fingerprint density at radius 1 is 1.58 bits per heavy atom. The summed E-state index contributed by atoms with van der Waals surface area (Å²) in [6.45, 7) is 7.45. The third-order valence-corrected chi connectivity index (χ3v) is 3.40. The minimum absolute atomic E-state index is 0.354. The highest BCUT2D eigenvalue weighted by atomic mass is 16.5. The Kier molecular flexibility index (Phi) is 4.90. The van der Waals surface area contributed by atoms with Crippen LogP contribution in [0.4, 0.5) is 0 Å². The normalized spacial score (nSPS) is 24.0. The van der Waals surface area contributed by atoms with Gasteiger partial charge in [0.25, 0.3) is 0 Å². The van der Waals surface area contributed by atoms with Crippen LogP contribution in [-0.2, 0) is 22.6 Å². The van der Waals surface area contributed by atoms with Gasteiger partial charge in [-0.3, -0.25) is 0 Å². The number of ether oxygens (including phenoxy) is 2. The van der Waals surface area contributed by atoms with Crippen LogP contribution in [-0.4, -0.2) is 40.1 Å². The lowest BCUT2D eigenvalue weighted by Crippen LogP contribution is -2.47. The first-order valence-electron chi connectivity index (χ1n) is 6.94. The van der Waals surface area contributed by atoms with E-state index >= 15 is 0 Å². The Bertz CT molecular complexity index is 386. The van der Waals surface area contributed by atoms with Crippen molar-refractivity contribution in [3.8, 4) is 0 Å². The zero-order valence-electron chi connectivity index (χ0n) is 11.8. The molecule has 6 heteroatoms. The molecule has 2 rings (SSSR count). The van der Waals surface area contributed by atoms with Gasteiger partial charge in [0, 0.05) is 19.7 Å². The predicted octanol–water partition coefficient (Wildman–Crippen LogP) is 0.959. The fraction of sp³-hybridized carbons (Fsp3) is 0.846. The minimum atomic E-state index is -0.354. The molecule has 1 aromatic heterocycles. The molecular weight excluding hydrogens is 244 g/mol. The van der Waals surface area contributed by atoms with Crippen molar-refractivity contribution < 1.29 is 9.47 Å². The van der Waals surface area contributed by atoms with Crippen LogP contribution in [0.2, 0.25) is 0 Å². The topological polar surface area (TPSA) is 75.2 Å². The van der Waals surface area contributed by atoms with Crippen molar-refractivity contribution in [3.63, 3.8) is 0 Å². The smallest absolute Gasteiger partial charge is 0.152 e. The number of aromatic nitrogens is 3. The summed E-state index contributed by atoms with van der Waals surface area (Å²) in [4.78, 5) is 4.26. The highest BCUT2D eigenvalue weighted by Gasteiger charge is 2.33. The highest BCUT2D eigenvalue weighted by Crippen LogP contribution is 2.23. The standard InChI is InChI=1S/C13H24N4O2/c1-11(2)6-17-12(15-10-16-17)7-19-13(8-14)4-3-5-18-9-13/h10-11H,3-9,14H2,1-2H3. The molecule has 0 amide bonds. The van der Waals surface area contributed by atoms with Crippen LogP contribution in [0.1, 0.15) is 32.5 Å². The summed E-state index contributed by atoms with van der Waals surface area (Å²) in [5.41, 5.74) is 5.49. The van der Waals surface area contributed by atoms with Gasteiger partial charge in [0.2, 0.25) is 0 Å². The minimum Gasteiger partial charge on any atom is -0.378 e. The van der Waals surface area contributed by atoms with Crippen LogP contribution in [0.15, 0.2) is 6.33 Å². The molecule has 1 aromatic rings. The third kappa shape index (κ3) is 3.75. The van der Waals surface area contributed by atoms with Crippen LogP contribution < -0.4 is 5.73 Å². The molecule has 6 nitrogen and oxygen atoms in total. The molecular formula is C13H24N4O2. The Hall–Kier alpha value is -0.980. The molecule has 0 aromatic carbocycles. The van der Waals surface area contributed by atoms with Gasteiger partial charge in [-0.25, -0.2) is 9.67 Å². The highest BCUT2D eigenvalue weighted by molar-refractivity contribution is 4.88. The Labute approximate surface area is 114 Å². The molecule has 1 fully saturated rings. The van der Waals surface area contributed by atoms with Crippen LogP contribution >= 0.6 is 0 Å². The quantitative estimate of drug-likeness (QED) is 0.831. The van der Waals surface area contributed by atoms with Gasteiger partial charge in [-0.2, -0.15) is 5.10 Å². The van der Waals surface area contributed by atoms with Crippen molar-refractivity contribution in [1.82, 2.24) is 14.8 Å². The van der Waals surface area contributed by atoms with Gasteiger partial charge in [-0.15, -0.1) is 0 Å². The molecule has 0 aliphatic carbocycles. The molecule has 1 aliphatic heterocycles. The first-order chi connectivity index (χ1) is 9.15. The van der Waals surface area contributed by atoms with E-state index in [0.29, 0.717) is 25.7 Å². The van der Waals surface area contributed by atoms with E-state index in [1.54, 1.807) is 6.33 Å². The van der Waals surface area contributed by atoms with Crippen molar-refractivity contribution in [3.05, 3.63) is 12.2 Å². The molecule has 1 unspecified atom stereocenters. The van der Waals surface area contributed by atoms with E-state index in [4.69, 9.17) is 15.2 Å². The summed E-state index contributed by atoms with van der Waals surface area (Å²) in [7, 11) is 0. The van der Waals surface area contributed by atoms with Gasteiger partial charge in [-0.05, 0) is 18.8 Å². The summed E-state index contributed by atoms with van der Waals surface area (Å²) < 4.78 is 13.4. The second-order valence-corrected chi connectivity index (χ2v) is 5.58. The Morgan fingerprint density at radius 3 is 3.05 bits per heavy atom. The SMILES string of the molecule is CC(C)Cn1ncnc1COC1(CN)CCCOC1. The van der Waals surface area contributed by atoms with Crippen LogP contribution in [0.3, 0.4) is 0 Å². The molecule has 0 spiro atoms. The van der Waals surface area contributed by atoms with E-state index in [2.05, 4.69) is 23.9 Å². The number of rotatable bonds is 6. The zero-order valence-corrected chi connectivity index (χ0v) is 11.8. The van der Waals surface area contributed by atoms with Crippen LogP contribution in [0.5, 0.6) is 0 Å². The lowest BCUT2D eigenvalue weighted by molar-refractivity contribution is -0.132. The van der Waals surface area contributed by atoms with Gasteiger partial charge in [0.05, 0.1) is 6.61 Å². The summed E-state index contributed by atoms with van der Waals surface area (Å²) in [6.07, 6.45) is 3.52. The van der Waals surface area contributed by atoms with Crippen molar-refractivity contribution in [2.45, 2.75) is 45.4 Å². The largest absolute Gasteiger partial charge is 0.378 e. The fourth-order valence-electron chi connectivity index (χ4n) is 2.28. The molecule has 0 radical (unpaired) electrons. The number of hydrogen-bond donors (Lipinski definition) is 1. The van der Waals surface area contributed by atoms with Crippen LogP contribution in [0, 0.1) is 5.92 Å². The predicted molar refractivity (Wildman–Crippen MR) is 71.5 cm³/mol. The monoisotopic (exact) mass is 268 g/mol. The zero-order chi connectivity index (χ0) is 13.7. The number of nitrogens with zero attached hydrogens (tertiary/aromatic N) is 3. The second kappa shape index (κ2) is 6.45. The maximum absolute atomic E-state index is 6.01. The number of nitrogens with two attached hydrogens (primary N) is 1. The third-order valence-electron chi connectivity index (χ3n) is 3.40. The summed E-state index contributed by atoms with van der Waals surface area (Å²) in [5, 5.41) is 4.23. The van der Waals surface area contributed by atoms with Crippen molar-refractivity contribution in [2.75, 3.05) is 19.8 Å². The second-order valence-electron chi connectivity index (χ2n) is 5.58. The molecule has 0 bridgehead atoms. The molecule has 19 heavy (non-hydrogen) atoms. The van der Waals surface area contributed by atoms with E-state index < -0.39 is 0 Å². The summed E-state index contributed by atoms with van der Waals surface area (Å²) in [6, 6.07) is 0. The first-order valence-corrected chi connectivity index (χ1v) is 6.94. The van der Waals surface area contributed by atoms with Crippen molar-refractivity contribution in [1.29, 1.82) is 0 Å². The summed E-state index contributed by atoms with van der Waals surface area (Å²) >= 11 is 0. The van der Waals surface area contributed by atoms with Gasteiger partial charge in [-0.1, -0.05) is 13.8 Å². The first kappa shape index (κ1) is 14.4. The molecule has 0 saturated carbocycles. The van der Waals surface area contributed by atoms with E-state index in [-0.39, 0.29) is 5.60 Å². The molecule has 2 N–H and O–H groups in total. The Balaban J connectivity index is 1.95. The molecule has 1 aliphatic rings. The lowest BCUT2D eigenvalue weighted by atomic mass is 9.96. The van der Waals surface area contributed by atoms with Gasteiger partial charge >= 0.3 is 0 Å². The molecule has 108 valence electrons. The fourth-order valence-corrected chi connectivity index (χ4v) is 2.28. The molecule has 1 saturated heterocycles. The number of hydrogen-bond acceptors (Lipinski definition) is 5. The van der Waals surface area contributed by atoms with Gasteiger partial charge in [0.15, 0.2) is 5.82 Å². The van der Waals surface area contributed by atoms with Crippen molar-refractivity contribution >= 4 is 0 Å². The Morgan fingerprint density at radius 2 is 2.42 bits per heavy atom. The average molecular weight is 268 g/mol. The molecule has 2 heterocycles. The lowest BCUT2D eigenvalue weighted by Gasteiger charge is -2.35. The van der Waals surface area contributed by atoms with E-state index in [9.17, 15) is 0 Å². The van der Waals surface area contributed by atoms with E-state index in [1.807, 2.05) is 4.68 Å². The van der Waals surface area contributed by atoms with Crippen LogP contribution in [0.25, 0.3) is 0 Å². The average Bonchev–Trinajstić information content (AvgIpc) is 2.84. The van der Waals surface area contributed by atoms with Gasteiger partial charge in [0.1, 0.15) is 18.5 Å².